The molecule has 1 amide bonds. The second-order valence-corrected chi connectivity index (χ2v) is 9.00. The number of rotatable bonds is 4. The number of anilines is 1. The number of nitrogens with one attached hydrogen (secondary N) is 2. The van der Waals surface area contributed by atoms with Gasteiger partial charge < -0.3 is 5.32 Å². The van der Waals surface area contributed by atoms with Gasteiger partial charge in [0, 0.05) is 15.7 Å². The third-order valence-corrected chi connectivity index (χ3v) is 5.46. The molecule has 0 aliphatic heterocycles. The number of sulfonamides is 1. The van der Waals surface area contributed by atoms with Gasteiger partial charge in [-0.2, -0.15) is 0 Å². The summed E-state index contributed by atoms with van der Waals surface area (Å²) in [6.07, 6.45) is 0. The molecule has 0 aliphatic carbocycles. The highest BCUT2D eigenvalue weighted by molar-refractivity contribution is 9.10. The summed E-state index contributed by atoms with van der Waals surface area (Å²) in [5, 5.41) is 2.57. The molecule has 0 spiro atoms. The molecular formula is C17H18BrFN2O3S. The lowest BCUT2D eigenvalue weighted by Crippen LogP contribution is -2.40. The van der Waals surface area contributed by atoms with Crippen molar-refractivity contribution in [1.29, 1.82) is 0 Å². The predicted octanol–water partition coefficient (Wildman–Crippen LogP) is 3.92. The molecule has 0 bridgehead atoms. The molecule has 5 nitrogen and oxygen atoms in total. The fourth-order valence-corrected chi connectivity index (χ4v) is 3.96. The summed E-state index contributed by atoms with van der Waals surface area (Å²) in [5.41, 5.74) is -0.233. The van der Waals surface area contributed by atoms with Crippen LogP contribution in [0.15, 0.2) is 51.8 Å². The minimum Gasteiger partial charge on any atom is -0.322 e. The summed E-state index contributed by atoms with van der Waals surface area (Å²) < 4.78 is 41.1. The lowest BCUT2D eigenvalue weighted by Gasteiger charge is -2.20. The van der Waals surface area contributed by atoms with Crippen molar-refractivity contribution in [3.63, 3.8) is 0 Å². The SMILES string of the molecule is CC(C)(C)NS(=O)(=O)c1cccc(NC(=O)c2cc(F)ccc2Br)c1. The van der Waals surface area contributed by atoms with Gasteiger partial charge in [-0.25, -0.2) is 17.5 Å². The van der Waals surface area contributed by atoms with Gasteiger partial charge in [0.25, 0.3) is 5.91 Å². The van der Waals surface area contributed by atoms with Crippen LogP contribution in [0.4, 0.5) is 10.1 Å². The molecule has 2 N–H and O–H groups in total. The second kappa shape index (κ2) is 7.23. The molecule has 0 heterocycles. The maximum atomic E-state index is 13.3. The van der Waals surface area contributed by atoms with E-state index in [0.29, 0.717) is 4.47 Å². The van der Waals surface area contributed by atoms with Crippen LogP contribution in [0.2, 0.25) is 0 Å². The lowest BCUT2D eigenvalue weighted by molar-refractivity contribution is 0.102. The molecule has 2 aromatic carbocycles. The van der Waals surface area contributed by atoms with Crippen molar-refractivity contribution in [2.45, 2.75) is 31.2 Å². The lowest BCUT2D eigenvalue weighted by atomic mass is 10.1. The molecule has 0 atom stereocenters. The first-order valence-electron chi connectivity index (χ1n) is 7.38. The van der Waals surface area contributed by atoms with Crippen LogP contribution in [-0.4, -0.2) is 19.9 Å². The normalized spacial score (nSPS) is 12.0. The van der Waals surface area contributed by atoms with E-state index in [1.165, 1.54) is 30.3 Å². The molecule has 8 heteroatoms. The molecule has 0 saturated carbocycles. The predicted molar refractivity (Wildman–Crippen MR) is 98.6 cm³/mol. The monoisotopic (exact) mass is 428 g/mol. The Morgan fingerprint density at radius 2 is 1.80 bits per heavy atom. The molecular weight excluding hydrogens is 411 g/mol. The van der Waals surface area contributed by atoms with Crippen molar-refractivity contribution < 1.29 is 17.6 Å². The summed E-state index contributed by atoms with van der Waals surface area (Å²) in [6, 6.07) is 9.61. The van der Waals surface area contributed by atoms with E-state index in [-0.39, 0.29) is 16.1 Å². The Hall–Kier alpha value is -1.77. The molecule has 0 fully saturated rings. The van der Waals surface area contributed by atoms with E-state index in [2.05, 4.69) is 26.0 Å². The van der Waals surface area contributed by atoms with E-state index < -0.39 is 27.3 Å². The summed E-state index contributed by atoms with van der Waals surface area (Å²) in [6.45, 7) is 5.20. The molecule has 0 aliphatic rings. The fourth-order valence-electron chi connectivity index (χ4n) is 2.07. The van der Waals surface area contributed by atoms with Gasteiger partial charge in [-0.1, -0.05) is 6.07 Å². The van der Waals surface area contributed by atoms with Crippen molar-refractivity contribution in [1.82, 2.24) is 4.72 Å². The standard InChI is InChI=1S/C17H18BrFN2O3S/c1-17(2,3)21-25(23,24)13-6-4-5-12(10-13)20-16(22)14-9-11(19)7-8-15(14)18/h4-10,21H,1-3H3,(H,20,22). The van der Waals surface area contributed by atoms with Crippen LogP contribution in [0, 0.1) is 5.82 Å². The van der Waals surface area contributed by atoms with Crippen LogP contribution in [0.3, 0.4) is 0 Å². The average molecular weight is 429 g/mol. The molecule has 0 aromatic heterocycles. The zero-order chi connectivity index (χ0) is 18.8. The van der Waals surface area contributed by atoms with Gasteiger partial charge in [-0.3, -0.25) is 4.79 Å². The Balaban J connectivity index is 2.28. The first-order valence-corrected chi connectivity index (χ1v) is 9.66. The van der Waals surface area contributed by atoms with Crippen molar-refractivity contribution in [3.8, 4) is 0 Å². The maximum Gasteiger partial charge on any atom is 0.256 e. The molecule has 134 valence electrons. The third kappa shape index (κ3) is 5.35. The van der Waals surface area contributed by atoms with E-state index in [9.17, 15) is 17.6 Å². The van der Waals surface area contributed by atoms with Gasteiger partial charge in [0.15, 0.2) is 0 Å². The van der Waals surface area contributed by atoms with Gasteiger partial charge in [0.2, 0.25) is 10.0 Å². The molecule has 2 rings (SSSR count). The highest BCUT2D eigenvalue weighted by Crippen LogP contribution is 2.21. The van der Waals surface area contributed by atoms with Crippen molar-refractivity contribution in [2.24, 2.45) is 0 Å². The van der Waals surface area contributed by atoms with E-state index in [4.69, 9.17) is 0 Å². The fraction of sp³-hybridized carbons (Fsp3) is 0.235. The molecule has 0 unspecified atom stereocenters. The molecule has 2 aromatic rings. The Labute approximate surface area is 154 Å². The zero-order valence-corrected chi connectivity index (χ0v) is 16.3. The zero-order valence-electron chi connectivity index (χ0n) is 13.9. The van der Waals surface area contributed by atoms with Gasteiger partial charge in [0.05, 0.1) is 10.5 Å². The molecule has 0 saturated heterocycles. The number of carbonyl (C=O) groups excluding carboxylic acids is 1. The Morgan fingerprint density at radius 3 is 2.44 bits per heavy atom. The summed E-state index contributed by atoms with van der Waals surface area (Å²) in [7, 11) is -3.73. The average Bonchev–Trinajstić information content (AvgIpc) is 2.47. The van der Waals surface area contributed by atoms with Crippen molar-refractivity contribution in [3.05, 3.63) is 58.3 Å². The van der Waals surface area contributed by atoms with Gasteiger partial charge in [0.1, 0.15) is 5.82 Å². The molecule has 25 heavy (non-hydrogen) atoms. The summed E-state index contributed by atoms with van der Waals surface area (Å²) >= 11 is 3.19. The minimum atomic E-state index is -3.73. The first kappa shape index (κ1) is 19.6. The number of benzene rings is 2. The second-order valence-electron chi connectivity index (χ2n) is 6.46. The van der Waals surface area contributed by atoms with Gasteiger partial charge >= 0.3 is 0 Å². The molecule has 0 radical (unpaired) electrons. The largest absolute Gasteiger partial charge is 0.322 e. The smallest absolute Gasteiger partial charge is 0.256 e. The third-order valence-electron chi connectivity index (χ3n) is 3.02. The number of carbonyl (C=O) groups is 1. The quantitative estimate of drug-likeness (QED) is 0.774. The van der Waals surface area contributed by atoms with Crippen LogP contribution in [0.1, 0.15) is 31.1 Å². The van der Waals surface area contributed by atoms with E-state index in [1.807, 2.05) is 0 Å². The highest BCUT2D eigenvalue weighted by atomic mass is 79.9. The Kier molecular flexibility index (Phi) is 5.65. The van der Waals surface area contributed by atoms with Crippen LogP contribution in [-0.2, 0) is 10.0 Å². The van der Waals surface area contributed by atoms with Crippen molar-refractivity contribution >= 4 is 37.5 Å². The van der Waals surface area contributed by atoms with Gasteiger partial charge in [-0.05, 0) is 73.1 Å². The first-order chi connectivity index (χ1) is 11.5. The minimum absolute atomic E-state index is 0.0264. The summed E-state index contributed by atoms with van der Waals surface area (Å²) in [5.74, 6) is -1.09. The van der Waals surface area contributed by atoms with Crippen LogP contribution >= 0.6 is 15.9 Å². The van der Waals surface area contributed by atoms with Crippen LogP contribution in [0.5, 0.6) is 0 Å². The van der Waals surface area contributed by atoms with E-state index in [1.54, 1.807) is 26.8 Å². The number of halogens is 2. The number of hydrogen-bond acceptors (Lipinski definition) is 3. The van der Waals surface area contributed by atoms with E-state index >= 15 is 0 Å². The van der Waals surface area contributed by atoms with E-state index in [0.717, 1.165) is 6.07 Å². The van der Waals surface area contributed by atoms with Crippen LogP contribution in [0.25, 0.3) is 0 Å². The van der Waals surface area contributed by atoms with Crippen molar-refractivity contribution in [2.75, 3.05) is 5.32 Å². The number of amides is 1. The number of hydrogen-bond donors (Lipinski definition) is 2. The Morgan fingerprint density at radius 1 is 1.12 bits per heavy atom. The highest BCUT2D eigenvalue weighted by Gasteiger charge is 2.22. The Bertz CT molecular complexity index is 908. The summed E-state index contributed by atoms with van der Waals surface area (Å²) in [4.78, 5) is 12.3. The van der Waals surface area contributed by atoms with Gasteiger partial charge in [-0.15, -0.1) is 0 Å². The maximum absolute atomic E-state index is 13.3. The van der Waals surface area contributed by atoms with Crippen LogP contribution < -0.4 is 10.0 Å². The topological polar surface area (TPSA) is 75.3 Å².